The number of aliphatic hydroxyl groups excluding tert-OH is 1. The minimum absolute atomic E-state index is 0.225. The van der Waals surface area contributed by atoms with Gasteiger partial charge in [0.2, 0.25) is 0 Å². The van der Waals surface area contributed by atoms with Gasteiger partial charge < -0.3 is 10.4 Å². The molecule has 1 aromatic carbocycles. The molecule has 0 aromatic heterocycles. The second-order valence-electron chi connectivity index (χ2n) is 4.46. The van der Waals surface area contributed by atoms with E-state index < -0.39 is 9.84 Å². The van der Waals surface area contributed by atoms with Crippen molar-refractivity contribution in [3.8, 4) is 0 Å². The van der Waals surface area contributed by atoms with Gasteiger partial charge in [-0.3, -0.25) is 0 Å². The Hall–Kier alpha value is -1.07. The van der Waals surface area contributed by atoms with E-state index >= 15 is 0 Å². The number of sulfone groups is 1. The third-order valence-corrected chi connectivity index (χ3v) is 3.99. The second-order valence-corrected chi connectivity index (χ2v) is 6.45. The molecule has 0 saturated carbocycles. The molecular formula is C13H21NO3S. The summed E-state index contributed by atoms with van der Waals surface area (Å²) in [4.78, 5) is 0.378. The van der Waals surface area contributed by atoms with Crippen molar-refractivity contribution >= 4 is 15.5 Å². The molecular weight excluding hydrogens is 250 g/mol. The molecule has 1 rings (SSSR count). The van der Waals surface area contributed by atoms with Crippen LogP contribution in [0.3, 0.4) is 0 Å². The zero-order chi connectivity index (χ0) is 13.6. The minimum atomic E-state index is -3.17. The van der Waals surface area contributed by atoms with Gasteiger partial charge in [-0.15, -0.1) is 0 Å². The summed E-state index contributed by atoms with van der Waals surface area (Å²) < 4.78 is 23.1. The fourth-order valence-electron chi connectivity index (χ4n) is 1.76. The Kier molecular flexibility index (Phi) is 5.62. The zero-order valence-corrected chi connectivity index (χ0v) is 11.8. The Morgan fingerprint density at radius 2 is 1.94 bits per heavy atom. The van der Waals surface area contributed by atoms with Gasteiger partial charge in [-0.2, -0.15) is 0 Å². The molecule has 18 heavy (non-hydrogen) atoms. The Morgan fingerprint density at radius 3 is 2.56 bits per heavy atom. The zero-order valence-electron chi connectivity index (χ0n) is 10.9. The molecule has 0 bridgehead atoms. The van der Waals surface area contributed by atoms with Gasteiger partial charge in [-0.05, 0) is 43.9 Å². The van der Waals surface area contributed by atoms with Gasteiger partial charge in [0.25, 0.3) is 0 Å². The van der Waals surface area contributed by atoms with Gasteiger partial charge in [0.1, 0.15) is 0 Å². The van der Waals surface area contributed by atoms with Crippen LogP contribution in [0.2, 0.25) is 0 Å². The number of hydrogen-bond donors (Lipinski definition) is 2. The highest BCUT2D eigenvalue weighted by Gasteiger charge is 2.11. The highest BCUT2D eigenvalue weighted by Crippen LogP contribution is 2.20. The number of unbranched alkanes of at least 4 members (excludes halogenated alkanes) is 2. The topological polar surface area (TPSA) is 66.4 Å². The average molecular weight is 271 g/mol. The van der Waals surface area contributed by atoms with Crippen LogP contribution >= 0.6 is 0 Å². The Labute approximate surface area is 109 Å². The van der Waals surface area contributed by atoms with E-state index in [4.69, 9.17) is 5.11 Å². The summed E-state index contributed by atoms with van der Waals surface area (Å²) in [7, 11) is -3.17. The van der Waals surface area contributed by atoms with Crippen LogP contribution in [0.15, 0.2) is 23.1 Å². The van der Waals surface area contributed by atoms with Gasteiger partial charge in [0, 0.05) is 25.1 Å². The smallest absolute Gasteiger partial charge is 0.175 e. The lowest BCUT2D eigenvalue weighted by Crippen LogP contribution is -2.05. The molecule has 0 fully saturated rings. The lowest BCUT2D eigenvalue weighted by atomic mass is 10.2. The fraction of sp³-hybridized carbons (Fsp3) is 0.538. The highest BCUT2D eigenvalue weighted by atomic mass is 32.2. The number of aryl methyl sites for hydroxylation is 1. The number of aliphatic hydroxyl groups is 1. The summed E-state index contributed by atoms with van der Waals surface area (Å²) in [6, 6.07) is 5.37. The van der Waals surface area contributed by atoms with Gasteiger partial charge in [-0.1, -0.05) is 6.07 Å². The number of benzene rings is 1. The molecule has 5 heteroatoms. The molecule has 0 amide bonds. The average Bonchev–Trinajstić information content (AvgIpc) is 2.29. The van der Waals surface area contributed by atoms with Crippen molar-refractivity contribution in [2.45, 2.75) is 31.1 Å². The molecule has 0 unspecified atom stereocenters. The number of anilines is 1. The van der Waals surface area contributed by atoms with E-state index in [-0.39, 0.29) is 6.61 Å². The molecule has 0 aliphatic heterocycles. The molecule has 0 spiro atoms. The fourth-order valence-corrected chi connectivity index (χ4v) is 2.75. The third-order valence-electron chi connectivity index (χ3n) is 2.75. The van der Waals surface area contributed by atoms with Crippen LogP contribution in [0.25, 0.3) is 0 Å². The molecule has 0 aliphatic rings. The number of nitrogens with one attached hydrogen (secondary N) is 1. The molecule has 1 aromatic rings. The number of hydrogen-bond acceptors (Lipinski definition) is 4. The van der Waals surface area contributed by atoms with Gasteiger partial charge in [0.05, 0.1) is 4.90 Å². The normalized spacial score (nSPS) is 11.5. The summed E-state index contributed by atoms with van der Waals surface area (Å²) in [5.41, 5.74) is 1.59. The van der Waals surface area contributed by atoms with E-state index in [1.165, 1.54) is 6.26 Å². The first kappa shape index (κ1) is 15.0. The van der Waals surface area contributed by atoms with Crippen LogP contribution < -0.4 is 5.32 Å². The van der Waals surface area contributed by atoms with Crippen LogP contribution in [0.4, 0.5) is 5.69 Å². The minimum Gasteiger partial charge on any atom is -0.396 e. The largest absolute Gasteiger partial charge is 0.396 e. The van der Waals surface area contributed by atoms with Crippen LogP contribution in [-0.4, -0.2) is 32.9 Å². The summed E-state index contributed by atoms with van der Waals surface area (Å²) in [6.07, 6.45) is 3.96. The van der Waals surface area contributed by atoms with Gasteiger partial charge in [-0.25, -0.2) is 8.42 Å². The number of rotatable bonds is 7. The first-order chi connectivity index (χ1) is 8.45. The van der Waals surface area contributed by atoms with Crippen molar-refractivity contribution in [1.82, 2.24) is 0 Å². The molecule has 2 N–H and O–H groups in total. The van der Waals surface area contributed by atoms with Crippen molar-refractivity contribution in [2.75, 3.05) is 24.7 Å². The molecule has 4 nitrogen and oxygen atoms in total. The van der Waals surface area contributed by atoms with Crippen LogP contribution in [0, 0.1) is 6.92 Å². The van der Waals surface area contributed by atoms with Crippen molar-refractivity contribution in [1.29, 1.82) is 0 Å². The van der Waals surface area contributed by atoms with E-state index in [9.17, 15) is 8.42 Å². The maximum Gasteiger partial charge on any atom is 0.175 e. The van der Waals surface area contributed by atoms with E-state index in [2.05, 4.69) is 5.32 Å². The standard InChI is InChI=1S/C13H21NO3S/c1-11-6-7-12(10-13(11)18(2,16)17)14-8-4-3-5-9-15/h6-7,10,14-15H,3-5,8-9H2,1-2H3. The second kappa shape index (κ2) is 6.75. The molecule has 0 atom stereocenters. The van der Waals surface area contributed by atoms with Crippen molar-refractivity contribution < 1.29 is 13.5 Å². The molecule has 0 saturated heterocycles. The summed E-state index contributed by atoms with van der Waals surface area (Å²) in [5, 5.41) is 11.8. The highest BCUT2D eigenvalue weighted by molar-refractivity contribution is 7.90. The maximum atomic E-state index is 11.6. The summed E-state index contributed by atoms with van der Waals surface area (Å²) in [5.74, 6) is 0. The SMILES string of the molecule is Cc1ccc(NCCCCCO)cc1S(C)(=O)=O. The Balaban J connectivity index is 2.63. The molecule has 0 aliphatic carbocycles. The van der Waals surface area contributed by atoms with E-state index in [0.717, 1.165) is 37.1 Å². The Morgan fingerprint density at radius 1 is 1.22 bits per heavy atom. The van der Waals surface area contributed by atoms with E-state index in [1.807, 2.05) is 12.1 Å². The summed E-state index contributed by atoms with van der Waals surface area (Å²) >= 11 is 0. The monoisotopic (exact) mass is 271 g/mol. The van der Waals surface area contributed by atoms with Gasteiger partial charge >= 0.3 is 0 Å². The van der Waals surface area contributed by atoms with E-state index in [1.54, 1.807) is 13.0 Å². The quantitative estimate of drug-likeness (QED) is 0.744. The van der Waals surface area contributed by atoms with Crippen molar-refractivity contribution in [3.05, 3.63) is 23.8 Å². The predicted molar refractivity (Wildman–Crippen MR) is 73.7 cm³/mol. The summed E-state index contributed by atoms with van der Waals surface area (Å²) in [6.45, 7) is 2.80. The maximum absolute atomic E-state index is 11.6. The lowest BCUT2D eigenvalue weighted by Gasteiger charge is -2.09. The first-order valence-corrected chi connectivity index (χ1v) is 7.99. The van der Waals surface area contributed by atoms with Crippen molar-refractivity contribution in [3.63, 3.8) is 0 Å². The molecule has 0 heterocycles. The van der Waals surface area contributed by atoms with E-state index in [0.29, 0.717) is 4.90 Å². The van der Waals surface area contributed by atoms with Crippen molar-refractivity contribution in [2.24, 2.45) is 0 Å². The third kappa shape index (κ3) is 4.66. The van der Waals surface area contributed by atoms with Gasteiger partial charge in [0.15, 0.2) is 9.84 Å². The molecule has 0 radical (unpaired) electrons. The predicted octanol–water partition coefficient (Wildman–Crippen LogP) is 1.97. The van der Waals surface area contributed by atoms with Crippen LogP contribution in [0.1, 0.15) is 24.8 Å². The lowest BCUT2D eigenvalue weighted by molar-refractivity contribution is 0.283. The van der Waals surface area contributed by atoms with Crippen LogP contribution in [0.5, 0.6) is 0 Å². The Bertz CT molecular complexity index is 483. The molecule has 102 valence electrons. The van der Waals surface area contributed by atoms with Crippen LogP contribution in [-0.2, 0) is 9.84 Å². The first-order valence-electron chi connectivity index (χ1n) is 6.10.